The van der Waals surface area contributed by atoms with Crippen LogP contribution in [0.1, 0.15) is 23.6 Å². The Morgan fingerprint density at radius 3 is 2.55 bits per heavy atom. The summed E-state index contributed by atoms with van der Waals surface area (Å²) < 4.78 is 54.1. The molecule has 0 aromatic heterocycles. The lowest BCUT2D eigenvalue weighted by atomic mass is 10.1. The summed E-state index contributed by atoms with van der Waals surface area (Å²) >= 11 is 0. The number of nitrogens with zero attached hydrogens (tertiary/aromatic N) is 1. The van der Waals surface area contributed by atoms with Crippen LogP contribution in [0, 0.1) is 11.3 Å². The number of methoxy groups -OCH3 is 1. The third kappa shape index (κ3) is 6.01. The molecule has 0 heterocycles. The van der Waals surface area contributed by atoms with E-state index < -0.39 is 17.7 Å². The zero-order valence-corrected chi connectivity index (χ0v) is 15.7. The molecule has 0 bridgehead atoms. The van der Waals surface area contributed by atoms with E-state index in [1.54, 1.807) is 25.1 Å². The number of carbonyl (C=O) groups is 1. The molecule has 0 aliphatic rings. The largest absolute Gasteiger partial charge is 0.493 e. The summed E-state index contributed by atoms with van der Waals surface area (Å²) in [6, 6.07) is 11.3. The van der Waals surface area contributed by atoms with Crippen LogP contribution in [-0.4, -0.2) is 19.7 Å². The van der Waals surface area contributed by atoms with Gasteiger partial charge in [-0.3, -0.25) is 0 Å². The minimum Gasteiger partial charge on any atom is -0.493 e. The van der Waals surface area contributed by atoms with Crippen LogP contribution in [0.2, 0.25) is 0 Å². The first-order chi connectivity index (χ1) is 13.8. The van der Waals surface area contributed by atoms with Crippen molar-refractivity contribution in [2.75, 3.05) is 13.7 Å². The molecule has 0 saturated carbocycles. The number of alkyl halides is 3. The lowest BCUT2D eigenvalue weighted by Gasteiger charge is -2.13. The number of ether oxygens (including phenoxy) is 3. The van der Waals surface area contributed by atoms with E-state index in [2.05, 4.69) is 0 Å². The van der Waals surface area contributed by atoms with Crippen LogP contribution < -0.4 is 9.47 Å². The molecule has 0 atom stereocenters. The van der Waals surface area contributed by atoms with E-state index in [-0.39, 0.29) is 18.8 Å². The van der Waals surface area contributed by atoms with E-state index in [9.17, 15) is 18.0 Å². The Balaban J connectivity index is 2.19. The number of rotatable bonds is 7. The zero-order chi connectivity index (χ0) is 21.4. The van der Waals surface area contributed by atoms with Gasteiger partial charge in [0.1, 0.15) is 18.2 Å². The molecule has 8 heteroatoms. The highest BCUT2D eigenvalue weighted by molar-refractivity contribution is 5.97. The van der Waals surface area contributed by atoms with Gasteiger partial charge in [-0.1, -0.05) is 18.2 Å². The predicted molar refractivity (Wildman–Crippen MR) is 99.0 cm³/mol. The fourth-order valence-corrected chi connectivity index (χ4v) is 2.40. The number of hydrogen-bond acceptors (Lipinski definition) is 5. The highest BCUT2D eigenvalue weighted by Crippen LogP contribution is 2.32. The second-order valence-corrected chi connectivity index (χ2v) is 5.79. The van der Waals surface area contributed by atoms with Crippen LogP contribution in [0.5, 0.6) is 11.5 Å². The third-order valence-corrected chi connectivity index (χ3v) is 3.76. The van der Waals surface area contributed by atoms with Gasteiger partial charge in [0.05, 0.1) is 19.3 Å². The minimum absolute atomic E-state index is 0.0955. The Labute approximate surface area is 165 Å². The van der Waals surface area contributed by atoms with Gasteiger partial charge < -0.3 is 14.2 Å². The van der Waals surface area contributed by atoms with E-state index in [0.717, 1.165) is 12.1 Å². The fraction of sp³-hybridized carbons (Fsp3) is 0.238. The van der Waals surface area contributed by atoms with Crippen molar-refractivity contribution in [2.24, 2.45) is 0 Å². The number of halogens is 3. The molecule has 0 amide bonds. The van der Waals surface area contributed by atoms with Crippen LogP contribution >= 0.6 is 0 Å². The monoisotopic (exact) mass is 405 g/mol. The maximum Gasteiger partial charge on any atom is 0.416 e. The second kappa shape index (κ2) is 9.64. The molecule has 2 aromatic rings. The Hall–Kier alpha value is -3.47. The minimum atomic E-state index is -4.43. The van der Waals surface area contributed by atoms with E-state index in [1.165, 1.54) is 31.4 Å². The Bertz CT molecular complexity index is 946. The summed E-state index contributed by atoms with van der Waals surface area (Å²) in [6.07, 6.45) is -3.09. The molecular formula is C21H18F3NO4. The van der Waals surface area contributed by atoms with Crippen molar-refractivity contribution in [3.63, 3.8) is 0 Å². The highest BCUT2D eigenvalue weighted by Gasteiger charge is 2.30. The Kier molecular flexibility index (Phi) is 7.26. The molecule has 0 spiro atoms. The van der Waals surface area contributed by atoms with Gasteiger partial charge in [0.2, 0.25) is 0 Å². The molecule has 0 N–H and O–H groups in total. The van der Waals surface area contributed by atoms with Gasteiger partial charge in [-0.05, 0) is 48.4 Å². The fourth-order valence-electron chi connectivity index (χ4n) is 2.40. The molecule has 2 rings (SSSR count). The van der Waals surface area contributed by atoms with E-state index >= 15 is 0 Å². The van der Waals surface area contributed by atoms with Gasteiger partial charge in [-0.25, -0.2) is 4.79 Å². The van der Waals surface area contributed by atoms with Gasteiger partial charge in [0.25, 0.3) is 0 Å². The van der Waals surface area contributed by atoms with Crippen molar-refractivity contribution in [1.82, 2.24) is 0 Å². The second-order valence-electron chi connectivity index (χ2n) is 5.79. The van der Waals surface area contributed by atoms with Gasteiger partial charge >= 0.3 is 12.1 Å². The molecule has 0 saturated heterocycles. The van der Waals surface area contributed by atoms with Crippen LogP contribution in [-0.2, 0) is 22.3 Å². The molecule has 152 valence electrons. The lowest BCUT2D eigenvalue weighted by Crippen LogP contribution is -2.06. The van der Waals surface area contributed by atoms with Crippen molar-refractivity contribution in [3.8, 4) is 17.6 Å². The first-order valence-corrected chi connectivity index (χ1v) is 8.54. The number of benzene rings is 2. The zero-order valence-electron chi connectivity index (χ0n) is 15.7. The first-order valence-electron chi connectivity index (χ1n) is 8.54. The number of esters is 1. The SMILES string of the molecule is CCOC(=O)C(C#N)=Cc1ccc(OCc2cccc(C(F)(F)F)c2)c(OC)c1. The molecule has 2 aromatic carbocycles. The van der Waals surface area contributed by atoms with Crippen molar-refractivity contribution in [3.05, 3.63) is 64.7 Å². The Morgan fingerprint density at radius 2 is 1.93 bits per heavy atom. The van der Waals surface area contributed by atoms with E-state index in [4.69, 9.17) is 19.5 Å². The normalized spacial score (nSPS) is 11.5. The third-order valence-electron chi connectivity index (χ3n) is 3.76. The number of nitriles is 1. The Morgan fingerprint density at radius 1 is 1.17 bits per heavy atom. The lowest BCUT2D eigenvalue weighted by molar-refractivity contribution is -0.138. The van der Waals surface area contributed by atoms with Crippen molar-refractivity contribution >= 4 is 12.0 Å². The average Bonchev–Trinajstić information content (AvgIpc) is 2.70. The first kappa shape index (κ1) is 21.8. The van der Waals surface area contributed by atoms with E-state index in [1.807, 2.05) is 0 Å². The maximum atomic E-state index is 12.8. The average molecular weight is 405 g/mol. The topological polar surface area (TPSA) is 68.6 Å². The standard InChI is InChI=1S/C21H18F3NO4/c1-3-28-20(26)16(12-25)9-14-7-8-18(19(11-14)27-2)29-13-15-5-4-6-17(10-15)21(22,23)24/h4-11H,3,13H2,1-2H3. The smallest absolute Gasteiger partial charge is 0.416 e. The molecule has 0 radical (unpaired) electrons. The highest BCUT2D eigenvalue weighted by atomic mass is 19.4. The molecule has 0 unspecified atom stereocenters. The summed E-state index contributed by atoms with van der Waals surface area (Å²) in [6.45, 7) is 1.68. The molecular weight excluding hydrogens is 387 g/mol. The summed E-state index contributed by atoms with van der Waals surface area (Å²) in [5, 5.41) is 9.10. The molecule has 29 heavy (non-hydrogen) atoms. The van der Waals surface area contributed by atoms with Crippen molar-refractivity contribution in [2.45, 2.75) is 19.7 Å². The molecule has 0 fully saturated rings. The summed E-state index contributed by atoms with van der Waals surface area (Å²) in [5.41, 5.74) is -0.0848. The van der Waals surface area contributed by atoms with Crippen LogP contribution in [0.4, 0.5) is 13.2 Å². The summed E-state index contributed by atoms with van der Waals surface area (Å²) in [5.74, 6) is -0.137. The number of hydrogen-bond donors (Lipinski definition) is 0. The van der Waals surface area contributed by atoms with Gasteiger partial charge in [-0.2, -0.15) is 18.4 Å². The van der Waals surface area contributed by atoms with Crippen molar-refractivity contribution in [1.29, 1.82) is 5.26 Å². The summed E-state index contributed by atoms with van der Waals surface area (Å²) in [4.78, 5) is 11.7. The molecule has 0 aliphatic carbocycles. The molecule has 5 nitrogen and oxygen atoms in total. The number of carbonyl (C=O) groups excluding carboxylic acids is 1. The van der Waals surface area contributed by atoms with Crippen LogP contribution in [0.3, 0.4) is 0 Å². The quantitative estimate of drug-likeness (QED) is 0.377. The van der Waals surface area contributed by atoms with Crippen molar-refractivity contribution < 1.29 is 32.2 Å². The van der Waals surface area contributed by atoms with Gasteiger partial charge in [0, 0.05) is 0 Å². The molecule has 0 aliphatic heterocycles. The van der Waals surface area contributed by atoms with Gasteiger partial charge in [0.15, 0.2) is 11.5 Å². The maximum absolute atomic E-state index is 12.8. The van der Waals surface area contributed by atoms with Crippen LogP contribution in [0.15, 0.2) is 48.0 Å². The van der Waals surface area contributed by atoms with Gasteiger partial charge in [-0.15, -0.1) is 0 Å². The van der Waals surface area contributed by atoms with E-state index in [0.29, 0.717) is 22.6 Å². The predicted octanol–water partition coefficient (Wildman–Crippen LogP) is 4.76. The van der Waals surface area contributed by atoms with Crippen LogP contribution in [0.25, 0.3) is 6.08 Å². The summed E-state index contributed by atoms with van der Waals surface area (Å²) in [7, 11) is 1.40.